The number of benzene rings is 1. The summed E-state index contributed by atoms with van der Waals surface area (Å²) in [5.41, 5.74) is 0.671. The number of hydrogen-bond donors (Lipinski definition) is 1. The molecule has 1 N–H and O–H groups in total. The van der Waals surface area contributed by atoms with Gasteiger partial charge in [-0.2, -0.15) is 0 Å². The minimum Gasteiger partial charge on any atom is -0.481 e. The van der Waals surface area contributed by atoms with E-state index in [2.05, 4.69) is 0 Å². The lowest BCUT2D eigenvalue weighted by Gasteiger charge is -2.39. The number of carboxylic acid groups (broad SMARTS) is 1. The van der Waals surface area contributed by atoms with Crippen molar-refractivity contribution in [3.05, 3.63) is 33.8 Å². The number of hydrogen-bond acceptors (Lipinski definition) is 2. The van der Waals surface area contributed by atoms with Crippen LogP contribution in [0.25, 0.3) is 0 Å². The van der Waals surface area contributed by atoms with E-state index >= 15 is 0 Å². The Bertz CT molecular complexity index is 525. The summed E-state index contributed by atoms with van der Waals surface area (Å²) in [5.74, 6) is -1.58. The first-order chi connectivity index (χ1) is 9.43. The lowest BCUT2D eigenvalue weighted by atomic mass is 9.84. The van der Waals surface area contributed by atoms with Gasteiger partial charge in [0, 0.05) is 23.0 Å². The molecule has 1 saturated heterocycles. The molecule has 2 rings (SSSR count). The maximum Gasteiger partial charge on any atom is 0.308 e. The van der Waals surface area contributed by atoms with E-state index in [1.165, 1.54) is 0 Å². The summed E-state index contributed by atoms with van der Waals surface area (Å²) < 4.78 is 0. The number of piperidine rings is 1. The lowest BCUT2D eigenvalue weighted by Crippen LogP contribution is -2.45. The van der Waals surface area contributed by atoms with Crippen LogP contribution in [-0.2, 0) is 9.59 Å². The fourth-order valence-electron chi connectivity index (χ4n) is 2.74. The maximum absolute atomic E-state index is 12.0. The van der Waals surface area contributed by atoms with Crippen molar-refractivity contribution >= 4 is 35.1 Å². The zero-order chi connectivity index (χ0) is 14.9. The van der Waals surface area contributed by atoms with E-state index in [1.54, 1.807) is 23.1 Å². The number of nitrogens with zero attached hydrogens (tertiary/aromatic N) is 1. The fourth-order valence-corrected chi connectivity index (χ4v) is 3.29. The molecule has 0 bridgehead atoms. The van der Waals surface area contributed by atoms with Crippen LogP contribution < -0.4 is 0 Å². The second-order valence-electron chi connectivity index (χ2n) is 4.81. The van der Waals surface area contributed by atoms with Crippen molar-refractivity contribution in [3.63, 3.8) is 0 Å². The summed E-state index contributed by atoms with van der Waals surface area (Å²) in [6, 6.07) is 4.42. The highest BCUT2D eigenvalue weighted by atomic mass is 35.5. The van der Waals surface area contributed by atoms with Crippen molar-refractivity contribution in [1.82, 2.24) is 4.90 Å². The molecule has 1 fully saturated rings. The van der Waals surface area contributed by atoms with E-state index in [4.69, 9.17) is 23.2 Å². The predicted octanol–water partition coefficient (Wildman–Crippen LogP) is 3.38. The van der Waals surface area contributed by atoms with Gasteiger partial charge in [0.15, 0.2) is 0 Å². The van der Waals surface area contributed by atoms with Crippen LogP contribution in [0.5, 0.6) is 0 Å². The standard InChI is InChI=1S/C14H15Cl2NO3/c1-2-17-12(18)4-3-11(14(19)20)13(17)8-5-9(15)7-10(16)6-8/h5-7,11,13H,2-4H2,1H3,(H,19,20). The van der Waals surface area contributed by atoms with Gasteiger partial charge in [0.1, 0.15) is 0 Å². The number of carbonyl (C=O) groups is 2. The van der Waals surface area contributed by atoms with Crippen LogP contribution in [0.1, 0.15) is 31.4 Å². The molecule has 0 saturated carbocycles. The van der Waals surface area contributed by atoms with Gasteiger partial charge in [-0.1, -0.05) is 23.2 Å². The molecule has 0 aromatic heterocycles. The monoisotopic (exact) mass is 315 g/mol. The molecule has 1 aliphatic rings. The Morgan fingerprint density at radius 1 is 1.35 bits per heavy atom. The SMILES string of the molecule is CCN1C(=O)CCC(C(=O)O)C1c1cc(Cl)cc(Cl)c1. The summed E-state index contributed by atoms with van der Waals surface area (Å²) in [7, 11) is 0. The van der Waals surface area contributed by atoms with Gasteiger partial charge >= 0.3 is 5.97 Å². The van der Waals surface area contributed by atoms with E-state index in [1.807, 2.05) is 6.92 Å². The summed E-state index contributed by atoms with van der Waals surface area (Å²) in [4.78, 5) is 25.1. The normalized spacial score (nSPS) is 22.9. The molecule has 6 heteroatoms. The first kappa shape index (κ1) is 15.1. The molecule has 108 valence electrons. The molecular formula is C14H15Cl2NO3. The van der Waals surface area contributed by atoms with Crippen molar-refractivity contribution in [2.75, 3.05) is 6.54 Å². The average molecular weight is 316 g/mol. The van der Waals surface area contributed by atoms with Crippen LogP contribution in [0.3, 0.4) is 0 Å². The van der Waals surface area contributed by atoms with Crippen molar-refractivity contribution < 1.29 is 14.7 Å². The van der Waals surface area contributed by atoms with Crippen molar-refractivity contribution in [1.29, 1.82) is 0 Å². The third kappa shape index (κ3) is 2.91. The summed E-state index contributed by atoms with van der Waals surface area (Å²) in [6.45, 7) is 2.29. The zero-order valence-corrected chi connectivity index (χ0v) is 12.5. The predicted molar refractivity (Wildman–Crippen MR) is 76.9 cm³/mol. The number of carbonyl (C=O) groups excluding carboxylic acids is 1. The van der Waals surface area contributed by atoms with Crippen LogP contribution in [0.2, 0.25) is 10.0 Å². The largest absolute Gasteiger partial charge is 0.481 e. The molecule has 1 aromatic carbocycles. The number of halogens is 2. The van der Waals surface area contributed by atoms with Gasteiger partial charge in [-0.15, -0.1) is 0 Å². The average Bonchev–Trinajstić information content (AvgIpc) is 2.36. The number of rotatable bonds is 3. The Kier molecular flexibility index (Phi) is 4.55. The molecule has 0 spiro atoms. The molecule has 0 aliphatic carbocycles. The summed E-state index contributed by atoms with van der Waals surface area (Å²) >= 11 is 12.0. The topological polar surface area (TPSA) is 57.6 Å². The smallest absolute Gasteiger partial charge is 0.308 e. The summed E-state index contributed by atoms with van der Waals surface area (Å²) in [6.07, 6.45) is 0.592. The second kappa shape index (κ2) is 6.02. The van der Waals surface area contributed by atoms with Gasteiger partial charge in [0.25, 0.3) is 0 Å². The highest BCUT2D eigenvalue weighted by molar-refractivity contribution is 6.34. The maximum atomic E-state index is 12.0. The Hall–Kier alpha value is -1.26. The number of likely N-dealkylation sites (tertiary alicyclic amines) is 1. The van der Waals surface area contributed by atoms with E-state index in [0.29, 0.717) is 28.6 Å². The molecule has 0 radical (unpaired) electrons. The van der Waals surface area contributed by atoms with Gasteiger partial charge in [-0.05, 0) is 37.1 Å². The first-order valence-electron chi connectivity index (χ1n) is 6.42. The van der Waals surface area contributed by atoms with E-state index < -0.39 is 17.9 Å². The quantitative estimate of drug-likeness (QED) is 0.930. The Morgan fingerprint density at radius 2 is 1.95 bits per heavy atom. The minimum absolute atomic E-state index is 0.0360. The molecule has 20 heavy (non-hydrogen) atoms. The van der Waals surface area contributed by atoms with Gasteiger partial charge < -0.3 is 10.0 Å². The fraction of sp³-hybridized carbons (Fsp3) is 0.429. The van der Waals surface area contributed by atoms with E-state index in [9.17, 15) is 14.7 Å². The molecule has 1 heterocycles. The first-order valence-corrected chi connectivity index (χ1v) is 7.18. The van der Waals surface area contributed by atoms with E-state index in [0.717, 1.165) is 0 Å². The Labute approximate surface area is 127 Å². The van der Waals surface area contributed by atoms with Crippen molar-refractivity contribution in [2.45, 2.75) is 25.8 Å². The zero-order valence-electron chi connectivity index (χ0n) is 11.0. The van der Waals surface area contributed by atoms with Gasteiger partial charge in [0.2, 0.25) is 5.91 Å². The Balaban J connectivity index is 2.49. The highest BCUT2D eigenvalue weighted by Gasteiger charge is 2.40. The van der Waals surface area contributed by atoms with Crippen LogP contribution in [0, 0.1) is 5.92 Å². The number of amides is 1. The lowest BCUT2D eigenvalue weighted by molar-refractivity contribution is -0.151. The van der Waals surface area contributed by atoms with Crippen LogP contribution in [0.4, 0.5) is 0 Å². The second-order valence-corrected chi connectivity index (χ2v) is 5.68. The molecule has 1 aromatic rings. The molecule has 1 aliphatic heterocycles. The van der Waals surface area contributed by atoms with Gasteiger partial charge in [-0.3, -0.25) is 9.59 Å². The molecule has 2 atom stereocenters. The van der Waals surface area contributed by atoms with Gasteiger partial charge in [-0.25, -0.2) is 0 Å². The number of carboxylic acids is 1. The third-order valence-electron chi connectivity index (χ3n) is 3.59. The molecule has 4 nitrogen and oxygen atoms in total. The van der Waals surface area contributed by atoms with Gasteiger partial charge in [0.05, 0.1) is 12.0 Å². The third-order valence-corrected chi connectivity index (χ3v) is 4.03. The van der Waals surface area contributed by atoms with Crippen LogP contribution in [-0.4, -0.2) is 28.4 Å². The highest BCUT2D eigenvalue weighted by Crippen LogP contribution is 2.38. The Morgan fingerprint density at radius 3 is 2.45 bits per heavy atom. The molecule has 1 amide bonds. The van der Waals surface area contributed by atoms with Crippen LogP contribution >= 0.6 is 23.2 Å². The molecular weight excluding hydrogens is 301 g/mol. The molecule has 2 unspecified atom stereocenters. The van der Waals surface area contributed by atoms with Crippen LogP contribution in [0.15, 0.2) is 18.2 Å². The van der Waals surface area contributed by atoms with Crippen molar-refractivity contribution in [3.8, 4) is 0 Å². The number of aliphatic carboxylic acids is 1. The van der Waals surface area contributed by atoms with E-state index in [-0.39, 0.29) is 12.3 Å². The summed E-state index contributed by atoms with van der Waals surface area (Å²) in [5, 5.41) is 10.3. The van der Waals surface area contributed by atoms with Crippen molar-refractivity contribution in [2.24, 2.45) is 5.92 Å². The minimum atomic E-state index is -0.906.